The van der Waals surface area contributed by atoms with Gasteiger partial charge >= 0.3 is 0 Å². The Kier molecular flexibility index (Phi) is 7.38. The summed E-state index contributed by atoms with van der Waals surface area (Å²) in [6.07, 6.45) is 5.43. The van der Waals surface area contributed by atoms with E-state index in [1.807, 2.05) is 0 Å². The fraction of sp³-hybridized carbons (Fsp3) is 0.462. The van der Waals surface area contributed by atoms with Crippen molar-refractivity contribution in [2.45, 2.75) is 51.4 Å². The molecule has 8 nitrogen and oxygen atoms in total. The van der Waals surface area contributed by atoms with Gasteiger partial charge in [0.1, 0.15) is 0 Å². The van der Waals surface area contributed by atoms with Crippen molar-refractivity contribution < 1.29 is 29.4 Å². The van der Waals surface area contributed by atoms with E-state index in [0.29, 0.717) is 58.7 Å². The third-order valence-electron chi connectivity index (χ3n) is 6.62. The lowest BCUT2D eigenvalue weighted by molar-refractivity contribution is -0.368. The van der Waals surface area contributed by atoms with Crippen molar-refractivity contribution in [3.05, 3.63) is 46.5 Å². The average Bonchev–Trinajstić information content (AvgIpc) is 2.84. The molecule has 0 N–H and O–H groups in total. The molecule has 0 fully saturated rings. The Balaban J connectivity index is 1.62. The van der Waals surface area contributed by atoms with E-state index in [2.05, 4.69) is 0 Å². The maximum absolute atomic E-state index is 13.2. The molecule has 4 rings (SSSR count). The predicted molar refractivity (Wildman–Crippen MR) is 121 cm³/mol. The lowest BCUT2D eigenvalue weighted by Gasteiger charge is -2.32. The van der Waals surface area contributed by atoms with Crippen molar-refractivity contribution in [3.8, 4) is 0 Å². The zero-order valence-electron chi connectivity index (χ0n) is 19.1. The summed E-state index contributed by atoms with van der Waals surface area (Å²) in [6, 6.07) is 6.29. The molecule has 2 aliphatic heterocycles. The predicted octanol–water partition coefficient (Wildman–Crippen LogP) is 1.87. The third-order valence-corrected chi connectivity index (χ3v) is 6.62. The molecular formula is C26H28N2O6-2. The van der Waals surface area contributed by atoms with E-state index in [1.54, 1.807) is 24.3 Å². The summed E-state index contributed by atoms with van der Waals surface area (Å²) in [5, 5.41) is 22.0. The molecular weight excluding hydrogens is 436 g/mol. The Hall–Kier alpha value is -3.10. The number of carbonyl (C=O) groups excluding carboxylic acids is 4. The molecule has 8 heteroatoms. The van der Waals surface area contributed by atoms with E-state index in [4.69, 9.17) is 0 Å². The van der Waals surface area contributed by atoms with Crippen molar-refractivity contribution in [3.63, 3.8) is 0 Å². The molecule has 0 atom stereocenters. The first kappa shape index (κ1) is 24.0. The minimum Gasteiger partial charge on any atom is -0.854 e. The van der Waals surface area contributed by atoms with Crippen LogP contribution in [0.5, 0.6) is 0 Å². The minimum atomic E-state index is -0.425. The average molecular weight is 465 g/mol. The fourth-order valence-corrected chi connectivity index (χ4v) is 4.83. The number of rotatable bonds is 12. The fourth-order valence-electron chi connectivity index (χ4n) is 4.83. The maximum atomic E-state index is 13.2. The summed E-state index contributed by atoms with van der Waals surface area (Å²) in [6.45, 7) is 0.272. The molecule has 2 heterocycles. The molecule has 4 amide bonds. The van der Waals surface area contributed by atoms with E-state index >= 15 is 0 Å². The topological polar surface area (TPSA) is 121 Å². The highest BCUT2D eigenvalue weighted by molar-refractivity contribution is 6.33. The Morgan fingerprint density at radius 2 is 0.765 bits per heavy atom. The second-order valence-electron chi connectivity index (χ2n) is 8.83. The van der Waals surface area contributed by atoms with Crippen LogP contribution in [0.4, 0.5) is 0 Å². The van der Waals surface area contributed by atoms with Gasteiger partial charge in [0, 0.05) is 46.1 Å². The number of hydrogen-bond acceptors (Lipinski definition) is 6. The summed E-state index contributed by atoms with van der Waals surface area (Å²) >= 11 is 0. The first-order chi connectivity index (χ1) is 16.5. The van der Waals surface area contributed by atoms with Crippen LogP contribution < -0.4 is 10.2 Å². The summed E-state index contributed by atoms with van der Waals surface area (Å²) in [4.78, 5) is 55.1. The smallest absolute Gasteiger partial charge is 0.261 e. The van der Waals surface area contributed by atoms with Crippen molar-refractivity contribution in [1.29, 1.82) is 0 Å². The molecule has 0 aliphatic carbocycles. The second-order valence-corrected chi connectivity index (χ2v) is 8.83. The molecule has 0 aromatic heterocycles. The van der Waals surface area contributed by atoms with Crippen molar-refractivity contribution >= 4 is 34.4 Å². The first-order valence-electron chi connectivity index (χ1n) is 12.0. The summed E-state index contributed by atoms with van der Waals surface area (Å²) in [5.41, 5.74) is 1.28. The van der Waals surface area contributed by atoms with Crippen molar-refractivity contribution in [2.75, 3.05) is 26.3 Å². The van der Waals surface area contributed by atoms with Gasteiger partial charge < -0.3 is 10.2 Å². The van der Waals surface area contributed by atoms with Crippen LogP contribution in [0.1, 0.15) is 92.8 Å². The van der Waals surface area contributed by atoms with E-state index in [-0.39, 0.29) is 26.3 Å². The first-order valence-corrected chi connectivity index (χ1v) is 12.0. The molecule has 180 valence electrons. The Bertz CT molecular complexity index is 983. The van der Waals surface area contributed by atoms with E-state index in [0.717, 1.165) is 25.7 Å². The number of benzene rings is 2. The minimum absolute atomic E-state index is 0.127. The molecule has 2 aliphatic rings. The molecule has 0 saturated carbocycles. The monoisotopic (exact) mass is 464 g/mol. The molecule has 0 saturated heterocycles. The molecule has 0 radical (unpaired) electrons. The van der Waals surface area contributed by atoms with Gasteiger partial charge in [0.2, 0.25) is 0 Å². The Morgan fingerprint density at radius 1 is 0.471 bits per heavy atom. The van der Waals surface area contributed by atoms with Gasteiger partial charge in [0.15, 0.2) is 0 Å². The Labute approximate surface area is 198 Å². The van der Waals surface area contributed by atoms with E-state index in [9.17, 15) is 29.4 Å². The van der Waals surface area contributed by atoms with Crippen LogP contribution in [0.2, 0.25) is 0 Å². The third kappa shape index (κ3) is 4.23. The number of unbranched alkanes of at least 4 members (excludes halogenated alkanes) is 6. The lowest BCUT2D eigenvalue weighted by atomic mass is 9.86. The highest BCUT2D eigenvalue weighted by Crippen LogP contribution is 2.38. The summed E-state index contributed by atoms with van der Waals surface area (Å²) in [7, 11) is 0. The number of amides is 4. The van der Waals surface area contributed by atoms with E-state index in [1.165, 1.54) is 9.80 Å². The van der Waals surface area contributed by atoms with Gasteiger partial charge in [-0.1, -0.05) is 38.5 Å². The molecule has 34 heavy (non-hydrogen) atoms. The maximum Gasteiger partial charge on any atom is 0.261 e. The van der Waals surface area contributed by atoms with Gasteiger partial charge in [-0.05, 0) is 37.1 Å². The molecule has 0 spiro atoms. The lowest BCUT2D eigenvalue weighted by Crippen LogP contribution is -2.43. The standard InChI is InChI=1S/C26H28N2O6/c29-15-7-3-1-5-13-27-23(31)17-9-11-19-22-20(12-10-18(21(17)22)24(27)32)26(34)28(25(19)33)14-6-2-4-8-16-30/h9-12H,1-8,13-16H2/q-2. The molecule has 2 aromatic rings. The molecule has 0 unspecified atom stereocenters. The van der Waals surface area contributed by atoms with Crippen molar-refractivity contribution in [1.82, 2.24) is 9.80 Å². The van der Waals surface area contributed by atoms with Gasteiger partial charge in [0.25, 0.3) is 23.6 Å². The number of hydrogen-bond donors (Lipinski definition) is 0. The number of imide groups is 2. The van der Waals surface area contributed by atoms with Gasteiger partial charge in [-0.3, -0.25) is 29.0 Å². The summed E-state index contributed by atoms with van der Waals surface area (Å²) < 4.78 is 0. The van der Waals surface area contributed by atoms with Gasteiger partial charge in [-0.15, -0.1) is 13.2 Å². The number of carbonyl (C=O) groups is 4. The normalized spacial score (nSPS) is 15.1. The van der Waals surface area contributed by atoms with Gasteiger partial charge in [0.05, 0.1) is 0 Å². The largest absolute Gasteiger partial charge is 0.854 e. The summed E-state index contributed by atoms with van der Waals surface area (Å²) in [5.74, 6) is -1.70. The zero-order chi connectivity index (χ0) is 24.2. The SMILES string of the molecule is O=C1c2ccc3c4c(ccc(c24)C(=O)N1CCCCCC[O-])C(=O)N(CCCCCC[O-])C3=O. The number of nitrogens with zero attached hydrogens (tertiary/aromatic N) is 2. The second kappa shape index (κ2) is 10.4. The van der Waals surface area contributed by atoms with E-state index < -0.39 is 23.6 Å². The van der Waals surface area contributed by atoms with Crippen LogP contribution in [0, 0.1) is 0 Å². The quantitative estimate of drug-likeness (QED) is 0.349. The van der Waals surface area contributed by atoms with Crippen LogP contribution in [0.3, 0.4) is 0 Å². The Morgan fingerprint density at radius 3 is 1.06 bits per heavy atom. The van der Waals surface area contributed by atoms with Crippen LogP contribution in [-0.2, 0) is 0 Å². The highest BCUT2D eigenvalue weighted by atomic mass is 16.3. The molecule has 2 aromatic carbocycles. The van der Waals surface area contributed by atoms with Crippen molar-refractivity contribution in [2.24, 2.45) is 0 Å². The van der Waals surface area contributed by atoms with Crippen LogP contribution in [0.15, 0.2) is 24.3 Å². The molecule has 0 bridgehead atoms. The van der Waals surface area contributed by atoms with Crippen LogP contribution in [0.25, 0.3) is 10.8 Å². The van der Waals surface area contributed by atoms with Gasteiger partial charge in [-0.25, -0.2) is 0 Å². The van der Waals surface area contributed by atoms with Crippen LogP contribution >= 0.6 is 0 Å². The van der Waals surface area contributed by atoms with Gasteiger partial charge in [-0.2, -0.15) is 0 Å². The van der Waals surface area contributed by atoms with Crippen LogP contribution in [-0.4, -0.2) is 59.7 Å². The zero-order valence-corrected chi connectivity index (χ0v) is 19.1. The highest BCUT2D eigenvalue weighted by Gasteiger charge is 2.39.